The Balaban J connectivity index is 0.903. The SMILES string of the molecule is CO[C@H]1CC[C@H](CNc2ccc(S(=O)(=O)NC(=O)c3ccc(N4CCN(CC5=C(c6ccc(Cl)cc6)CCC6(CCCC6)C5)CC4)cc3Oc3cnc4[nH]ccc4c3)cc2C)CC1. The van der Waals surface area contributed by atoms with Gasteiger partial charge in [-0.3, -0.25) is 9.69 Å². The number of benzene rings is 3. The van der Waals surface area contributed by atoms with Gasteiger partial charge in [-0.15, -0.1) is 0 Å². The molecule has 3 aliphatic carbocycles. The Bertz CT molecular complexity index is 2570. The van der Waals surface area contributed by atoms with Crippen molar-refractivity contribution >= 4 is 55.5 Å². The topological polar surface area (TPSA) is 129 Å². The molecule has 4 aliphatic rings. The van der Waals surface area contributed by atoms with Gasteiger partial charge < -0.3 is 24.7 Å². The molecule has 332 valence electrons. The summed E-state index contributed by atoms with van der Waals surface area (Å²) in [6.45, 7) is 7.01. The maximum atomic E-state index is 14.0. The van der Waals surface area contributed by atoms with E-state index in [4.69, 9.17) is 21.1 Å². The van der Waals surface area contributed by atoms with Crippen LogP contribution in [0.25, 0.3) is 16.6 Å². The Morgan fingerprint density at radius 3 is 2.46 bits per heavy atom. The summed E-state index contributed by atoms with van der Waals surface area (Å²) in [5, 5.41) is 5.13. The van der Waals surface area contributed by atoms with Gasteiger partial charge in [-0.2, -0.15) is 0 Å². The number of carbonyl (C=O) groups is 1. The third-order valence-corrected chi connectivity index (χ3v) is 15.8. The van der Waals surface area contributed by atoms with E-state index in [1.54, 1.807) is 49.3 Å². The molecule has 1 spiro atoms. The lowest BCUT2D eigenvalue weighted by atomic mass is 9.69. The number of carbonyl (C=O) groups excluding carboxylic acids is 1. The Hall–Kier alpha value is -4.88. The second-order valence-electron chi connectivity index (χ2n) is 18.3. The Kier molecular flexibility index (Phi) is 12.9. The van der Waals surface area contributed by atoms with Crippen molar-refractivity contribution in [2.45, 2.75) is 88.6 Å². The molecule has 1 aliphatic heterocycles. The molecule has 13 heteroatoms. The fourth-order valence-electron chi connectivity index (χ4n) is 10.5. The van der Waals surface area contributed by atoms with Gasteiger partial charge in [-0.1, -0.05) is 42.1 Å². The zero-order valence-corrected chi connectivity index (χ0v) is 38.0. The summed E-state index contributed by atoms with van der Waals surface area (Å²) >= 11 is 6.30. The molecule has 1 amide bonds. The van der Waals surface area contributed by atoms with Gasteiger partial charge in [0.15, 0.2) is 0 Å². The zero-order valence-electron chi connectivity index (χ0n) is 36.4. The van der Waals surface area contributed by atoms with Gasteiger partial charge >= 0.3 is 0 Å². The normalized spacial score (nSPS) is 20.7. The Morgan fingerprint density at radius 1 is 0.937 bits per heavy atom. The van der Waals surface area contributed by atoms with Gasteiger partial charge in [-0.25, -0.2) is 18.1 Å². The average Bonchev–Trinajstić information content (AvgIpc) is 3.96. The first-order valence-corrected chi connectivity index (χ1v) is 24.5. The molecule has 1 saturated heterocycles. The molecule has 3 fully saturated rings. The van der Waals surface area contributed by atoms with Gasteiger partial charge in [-0.05, 0) is 147 Å². The molecule has 3 N–H and O–H groups in total. The number of allylic oxidation sites excluding steroid dienone is 1. The number of pyridine rings is 1. The van der Waals surface area contributed by atoms with Gasteiger partial charge in [0.2, 0.25) is 0 Å². The maximum absolute atomic E-state index is 14.0. The molecular weight excluding hydrogens is 832 g/mol. The van der Waals surface area contributed by atoms with Crippen LogP contribution < -0.4 is 19.7 Å². The first-order valence-electron chi connectivity index (χ1n) is 22.7. The smallest absolute Gasteiger partial charge is 0.268 e. The zero-order chi connectivity index (χ0) is 43.6. The number of methoxy groups -OCH3 is 1. The number of anilines is 2. The number of nitrogens with zero attached hydrogens (tertiary/aromatic N) is 3. The van der Waals surface area contributed by atoms with Crippen LogP contribution in [0, 0.1) is 18.3 Å². The fourth-order valence-corrected chi connectivity index (χ4v) is 11.7. The van der Waals surface area contributed by atoms with E-state index in [1.165, 1.54) is 49.7 Å². The Labute approximate surface area is 376 Å². The van der Waals surface area contributed by atoms with Gasteiger partial charge in [0.25, 0.3) is 15.9 Å². The number of ether oxygens (including phenoxy) is 2. The Morgan fingerprint density at radius 2 is 1.71 bits per heavy atom. The first kappa shape index (κ1) is 43.4. The molecule has 0 radical (unpaired) electrons. The van der Waals surface area contributed by atoms with Crippen LogP contribution in [-0.4, -0.2) is 81.7 Å². The number of aromatic amines is 1. The van der Waals surface area contributed by atoms with Crippen molar-refractivity contribution in [3.8, 4) is 11.5 Å². The number of aryl methyl sites for hydroxylation is 1. The lowest BCUT2D eigenvalue weighted by Gasteiger charge is -2.41. The molecule has 63 heavy (non-hydrogen) atoms. The van der Waals surface area contributed by atoms with Gasteiger partial charge in [0.05, 0.1) is 22.8 Å². The molecule has 11 nitrogen and oxygen atoms in total. The monoisotopic (exact) mass is 890 g/mol. The number of rotatable bonds is 13. The van der Waals surface area contributed by atoms with E-state index in [9.17, 15) is 13.2 Å². The molecule has 0 atom stereocenters. The molecule has 2 saturated carbocycles. The summed E-state index contributed by atoms with van der Waals surface area (Å²) in [4.78, 5) is 26.5. The third kappa shape index (κ3) is 9.94. The summed E-state index contributed by atoms with van der Waals surface area (Å²) in [6.07, 6.45) is 16.9. The predicted octanol–water partition coefficient (Wildman–Crippen LogP) is 10.4. The minimum Gasteiger partial charge on any atom is -0.455 e. The summed E-state index contributed by atoms with van der Waals surface area (Å²) in [5.74, 6) is 0.441. The van der Waals surface area contributed by atoms with Crippen LogP contribution in [-0.2, 0) is 14.8 Å². The number of H-pyrrole nitrogens is 1. The number of nitrogens with one attached hydrogen (secondary N) is 3. The molecular formula is C50H59ClN6O5S. The van der Waals surface area contributed by atoms with Crippen LogP contribution in [0.5, 0.6) is 11.5 Å². The molecule has 0 bridgehead atoms. The highest BCUT2D eigenvalue weighted by Crippen LogP contribution is 2.52. The van der Waals surface area contributed by atoms with Crippen molar-refractivity contribution in [1.29, 1.82) is 0 Å². The van der Waals surface area contributed by atoms with Crippen molar-refractivity contribution in [3.63, 3.8) is 0 Å². The van der Waals surface area contributed by atoms with Gasteiger partial charge in [0.1, 0.15) is 17.1 Å². The van der Waals surface area contributed by atoms with Crippen molar-refractivity contribution in [2.75, 3.05) is 56.6 Å². The number of halogens is 1. The number of sulfonamides is 1. The lowest BCUT2D eigenvalue weighted by molar-refractivity contribution is 0.0585. The molecule has 3 aromatic carbocycles. The van der Waals surface area contributed by atoms with Crippen LogP contribution in [0.2, 0.25) is 5.02 Å². The number of hydrogen-bond acceptors (Lipinski definition) is 9. The first-order chi connectivity index (χ1) is 30.5. The van der Waals surface area contributed by atoms with Crippen LogP contribution >= 0.6 is 11.6 Å². The van der Waals surface area contributed by atoms with Crippen LogP contribution in [0.15, 0.2) is 95.7 Å². The van der Waals surface area contributed by atoms with Crippen molar-refractivity contribution in [2.24, 2.45) is 11.3 Å². The standard InChI is InChI=1S/C50H59ClN6O5S/c1-34-27-43(14-16-46(34)53-31-35-5-12-41(61-2)13-6-35)63(59,60)55-49(58)45-15-11-40(29-47(45)62-42-28-37-18-22-52-48(37)54-32-42)57-25-23-56(24-26-57)33-38-30-50(19-3-4-20-50)21-17-44(38)36-7-9-39(51)10-8-36/h7-11,14-16,18,22,27-29,32,35,41,53H,3-6,12-13,17,19-21,23-26,30-31,33H2,1-2H3,(H,52,54)(H,55,58)/t35-,41-. The van der Waals surface area contributed by atoms with E-state index in [0.29, 0.717) is 28.8 Å². The van der Waals surface area contributed by atoms with Crippen molar-refractivity contribution in [3.05, 3.63) is 112 Å². The quantitative estimate of drug-likeness (QED) is 0.106. The molecule has 2 aromatic heterocycles. The lowest BCUT2D eigenvalue weighted by Crippen LogP contribution is -2.47. The molecule has 5 aromatic rings. The van der Waals surface area contributed by atoms with Crippen LogP contribution in [0.4, 0.5) is 11.4 Å². The second-order valence-corrected chi connectivity index (χ2v) is 20.4. The molecule has 3 heterocycles. The van der Waals surface area contributed by atoms with Crippen LogP contribution in [0.1, 0.15) is 92.1 Å². The highest BCUT2D eigenvalue weighted by molar-refractivity contribution is 7.90. The molecule has 9 rings (SSSR count). The minimum absolute atomic E-state index is 0.0151. The maximum Gasteiger partial charge on any atom is 0.268 e. The van der Waals surface area contributed by atoms with Crippen molar-refractivity contribution in [1.82, 2.24) is 19.6 Å². The van der Waals surface area contributed by atoms with E-state index >= 15 is 0 Å². The van der Waals surface area contributed by atoms with Crippen LogP contribution in [0.3, 0.4) is 0 Å². The summed E-state index contributed by atoms with van der Waals surface area (Å²) in [7, 11) is -2.45. The molecule has 0 unspecified atom stereocenters. The van der Waals surface area contributed by atoms with Gasteiger partial charge in [0, 0.05) is 80.4 Å². The number of amides is 1. The summed E-state index contributed by atoms with van der Waals surface area (Å²) in [5.41, 5.74) is 8.19. The fraction of sp³-hybridized carbons (Fsp3) is 0.440. The van der Waals surface area contributed by atoms with Crippen molar-refractivity contribution < 1.29 is 22.7 Å². The van der Waals surface area contributed by atoms with E-state index in [1.807, 2.05) is 43.3 Å². The average molecular weight is 892 g/mol. The predicted molar refractivity (Wildman–Crippen MR) is 251 cm³/mol. The van der Waals surface area contributed by atoms with E-state index in [-0.39, 0.29) is 16.2 Å². The third-order valence-electron chi connectivity index (χ3n) is 14.2. The minimum atomic E-state index is -4.22. The summed E-state index contributed by atoms with van der Waals surface area (Å²) in [6, 6.07) is 22.4. The highest BCUT2D eigenvalue weighted by Gasteiger charge is 2.38. The highest BCUT2D eigenvalue weighted by atomic mass is 35.5. The number of fused-ring (bicyclic) bond motifs is 1. The number of aromatic nitrogens is 2. The van der Waals surface area contributed by atoms with E-state index < -0.39 is 15.9 Å². The van der Waals surface area contributed by atoms with E-state index in [0.717, 1.165) is 98.7 Å². The summed E-state index contributed by atoms with van der Waals surface area (Å²) < 4.78 is 41.8. The number of piperazine rings is 1. The largest absolute Gasteiger partial charge is 0.455 e. The van der Waals surface area contributed by atoms with E-state index in [2.05, 4.69) is 41.9 Å². The number of hydrogen-bond donors (Lipinski definition) is 3. The second kappa shape index (κ2) is 18.7.